The number of aliphatic hydroxyl groups excluding tert-OH is 3. The summed E-state index contributed by atoms with van der Waals surface area (Å²) >= 11 is 0. The highest BCUT2D eigenvalue weighted by molar-refractivity contribution is 5.73. The molecule has 54 heavy (non-hydrogen) atoms. The van der Waals surface area contributed by atoms with Gasteiger partial charge in [-0.05, 0) is 73.1 Å². The molecule has 13 heteroatoms. The smallest absolute Gasteiger partial charge is 0.311 e. The predicted octanol–water partition coefficient (Wildman–Crippen LogP) is 3.55. The number of quaternary nitrogens is 1. The number of ether oxygens (including phenoxy) is 7. The lowest BCUT2D eigenvalue weighted by Gasteiger charge is -2.50. The molecule has 4 saturated heterocycles. The first-order valence-corrected chi connectivity index (χ1v) is 20.6. The SMILES string of the molecule is CC[C@H]1OC(=O)[C@H](C)[C@@H](O[C@H]2C[C@@](C)(OC)[C@@H](O)[C@H](C)O2)[C@H](C)[C@@H](O[C@@H]2O[C@H](C)C[C@H]([N+](C)(C)CC3CC3)[C@H]2O)[C@@]2(C)C[C@@H](C)[C@@H](O2)[C@H](C)[C@@H](O)[C@]1(C)O. The number of rotatable bonds is 9. The lowest BCUT2D eigenvalue weighted by atomic mass is 9.76. The van der Waals surface area contributed by atoms with Gasteiger partial charge in [0.25, 0.3) is 0 Å². The number of carbonyl (C=O) groups excluding carboxylic acids is 1. The number of methoxy groups -OCH3 is 1. The lowest BCUT2D eigenvalue weighted by Crippen LogP contribution is -2.64. The van der Waals surface area contributed by atoms with Crippen molar-refractivity contribution in [2.75, 3.05) is 27.7 Å². The number of nitrogens with zero attached hydrogens (tertiary/aromatic N) is 1. The summed E-state index contributed by atoms with van der Waals surface area (Å²) in [6.07, 6.45) is -4.93. The quantitative estimate of drug-likeness (QED) is 0.200. The van der Waals surface area contributed by atoms with Crippen LogP contribution in [-0.2, 0) is 38.0 Å². The van der Waals surface area contributed by atoms with Crippen LogP contribution in [0.3, 0.4) is 0 Å². The molecule has 0 amide bonds. The third kappa shape index (κ3) is 8.72. The van der Waals surface area contributed by atoms with Crippen molar-refractivity contribution in [2.24, 2.45) is 29.6 Å². The van der Waals surface area contributed by atoms with E-state index in [0.29, 0.717) is 23.2 Å². The van der Waals surface area contributed by atoms with E-state index in [1.54, 1.807) is 27.9 Å². The zero-order chi connectivity index (χ0) is 40.3. The second-order valence-electron chi connectivity index (χ2n) is 19.2. The summed E-state index contributed by atoms with van der Waals surface area (Å²) in [6.45, 7) is 19.5. The Morgan fingerprint density at radius 3 is 2.15 bits per heavy atom. The fourth-order valence-electron chi connectivity index (χ4n) is 10.5. The van der Waals surface area contributed by atoms with Crippen molar-refractivity contribution in [3.05, 3.63) is 0 Å². The van der Waals surface area contributed by atoms with Gasteiger partial charge in [0.2, 0.25) is 0 Å². The number of hydrogen-bond acceptors (Lipinski definition) is 12. The van der Waals surface area contributed by atoms with Crippen LogP contribution in [0.1, 0.15) is 108 Å². The Balaban J connectivity index is 1.58. The average molecular weight is 773 g/mol. The van der Waals surface area contributed by atoms with E-state index in [1.165, 1.54) is 19.8 Å². The number of cyclic esters (lactones) is 1. The van der Waals surface area contributed by atoms with Crippen molar-refractivity contribution in [3.63, 3.8) is 0 Å². The molecule has 0 radical (unpaired) electrons. The van der Waals surface area contributed by atoms with E-state index < -0.39 is 102 Å². The van der Waals surface area contributed by atoms with Crippen LogP contribution in [0.15, 0.2) is 0 Å². The highest BCUT2D eigenvalue weighted by Gasteiger charge is 2.58. The van der Waals surface area contributed by atoms with Gasteiger partial charge in [0.15, 0.2) is 18.7 Å². The topological polar surface area (TPSA) is 163 Å². The minimum absolute atomic E-state index is 0.0550. The maximum atomic E-state index is 14.2. The first-order valence-electron chi connectivity index (χ1n) is 20.6. The lowest BCUT2D eigenvalue weighted by molar-refractivity contribution is -0.923. The van der Waals surface area contributed by atoms with Crippen LogP contribution < -0.4 is 0 Å². The molecule has 0 aromatic heterocycles. The Morgan fingerprint density at radius 2 is 1.56 bits per heavy atom. The Hall–Kier alpha value is -0.970. The summed E-state index contributed by atoms with van der Waals surface area (Å²) in [6, 6.07) is -0.131. The molecular weight excluding hydrogens is 698 g/mol. The number of carbonyl (C=O) groups is 1. The van der Waals surface area contributed by atoms with Gasteiger partial charge < -0.3 is 58.1 Å². The highest BCUT2D eigenvalue weighted by atomic mass is 16.7. The van der Waals surface area contributed by atoms with Crippen molar-refractivity contribution in [2.45, 2.75) is 198 Å². The highest BCUT2D eigenvalue weighted by Crippen LogP contribution is 2.48. The second-order valence-corrected chi connectivity index (χ2v) is 19.2. The number of aliphatic hydroxyl groups is 4. The summed E-state index contributed by atoms with van der Waals surface area (Å²) in [5.41, 5.74) is -3.76. The third-order valence-electron chi connectivity index (χ3n) is 14.1. The molecule has 1 aliphatic carbocycles. The molecule has 0 spiro atoms. The Bertz CT molecular complexity index is 1280. The predicted molar refractivity (Wildman–Crippen MR) is 200 cm³/mol. The van der Waals surface area contributed by atoms with Crippen molar-refractivity contribution < 1.29 is 62.9 Å². The minimum Gasteiger partial charge on any atom is -0.459 e. The van der Waals surface area contributed by atoms with Gasteiger partial charge >= 0.3 is 5.97 Å². The molecule has 1 saturated carbocycles. The molecule has 0 unspecified atom stereocenters. The first kappa shape index (κ1) is 44.1. The van der Waals surface area contributed by atoms with Crippen molar-refractivity contribution >= 4 is 5.97 Å². The minimum atomic E-state index is -1.79. The van der Waals surface area contributed by atoms with Crippen LogP contribution in [0, 0.1) is 29.6 Å². The van der Waals surface area contributed by atoms with E-state index in [0.717, 1.165) is 6.54 Å². The zero-order valence-corrected chi connectivity index (χ0v) is 35.3. The number of fused-ring (bicyclic) bond motifs is 2. The van der Waals surface area contributed by atoms with E-state index in [4.69, 9.17) is 33.2 Å². The van der Waals surface area contributed by atoms with Gasteiger partial charge in [0.1, 0.15) is 23.9 Å². The van der Waals surface area contributed by atoms with Crippen LogP contribution in [0.4, 0.5) is 0 Å². The molecule has 13 nitrogen and oxygen atoms in total. The van der Waals surface area contributed by atoms with Crippen LogP contribution in [0.2, 0.25) is 0 Å². The molecule has 5 rings (SSSR count). The van der Waals surface area contributed by atoms with E-state index in [1.807, 2.05) is 34.6 Å². The molecule has 314 valence electrons. The van der Waals surface area contributed by atoms with E-state index in [-0.39, 0.29) is 30.9 Å². The van der Waals surface area contributed by atoms with E-state index in [9.17, 15) is 25.2 Å². The van der Waals surface area contributed by atoms with Gasteiger partial charge in [-0.1, -0.05) is 27.7 Å². The Kier molecular flexibility index (Phi) is 13.4. The van der Waals surface area contributed by atoms with Crippen molar-refractivity contribution in [3.8, 4) is 0 Å². The average Bonchev–Trinajstić information content (AvgIpc) is 3.85. The largest absolute Gasteiger partial charge is 0.459 e. The summed E-state index contributed by atoms with van der Waals surface area (Å²) in [4.78, 5) is 14.2. The summed E-state index contributed by atoms with van der Waals surface area (Å²) in [5.74, 6) is -2.04. The second kappa shape index (κ2) is 16.4. The molecule has 0 aromatic carbocycles. The van der Waals surface area contributed by atoms with Crippen LogP contribution in [-0.4, -0.2) is 149 Å². The molecule has 4 aliphatic heterocycles. The van der Waals surface area contributed by atoms with Crippen LogP contribution in [0.5, 0.6) is 0 Å². The molecule has 5 aliphatic rings. The molecule has 5 fully saturated rings. The summed E-state index contributed by atoms with van der Waals surface area (Å²) < 4.78 is 46.2. The molecular formula is C41H74NO12+. The number of hydrogen-bond donors (Lipinski definition) is 4. The van der Waals surface area contributed by atoms with Gasteiger partial charge in [0, 0.05) is 37.7 Å². The van der Waals surface area contributed by atoms with Gasteiger partial charge in [-0.15, -0.1) is 0 Å². The molecule has 4 heterocycles. The first-order chi connectivity index (χ1) is 25.0. The molecule has 4 N–H and O–H groups in total. The number of esters is 1. The maximum Gasteiger partial charge on any atom is 0.311 e. The van der Waals surface area contributed by atoms with E-state index >= 15 is 0 Å². The van der Waals surface area contributed by atoms with Gasteiger partial charge in [-0.2, -0.15) is 0 Å². The fraction of sp³-hybridized carbons (Fsp3) is 0.976. The van der Waals surface area contributed by atoms with Crippen molar-refractivity contribution in [1.82, 2.24) is 0 Å². The zero-order valence-electron chi connectivity index (χ0n) is 35.3. The van der Waals surface area contributed by atoms with Gasteiger partial charge in [0.05, 0.1) is 74.4 Å². The van der Waals surface area contributed by atoms with Crippen LogP contribution >= 0.6 is 0 Å². The molecule has 2 bridgehead atoms. The van der Waals surface area contributed by atoms with E-state index in [2.05, 4.69) is 21.0 Å². The maximum absolute atomic E-state index is 14.2. The molecule has 0 aromatic rings. The Labute approximate surface area is 323 Å². The third-order valence-corrected chi connectivity index (χ3v) is 14.1. The van der Waals surface area contributed by atoms with Gasteiger partial charge in [-0.25, -0.2) is 0 Å². The fourth-order valence-corrected chi connectivity index (χ4v) is 10.5. The van der Waals surface area contributed by atoms with Crippen molar-refractivity contribution in [1.29, 1.82) is 0 Å². The summed E-state index contributed by atoms with van der Waals surface area (Å²) in [7, 11) is 5.89. The summed E-state index contributed by atoms with van der Waals surface area (Å²) in [5, 5.41) is 46.7. The standard InChI is InChI=1S/C41H74NO12/c1-14-29-41(10,47)34(44)23(4)32-21(2)18-40(9,54-32)36(53-38-31(43)28(17-22(3)49-38)42(11,12)20-27-15-16-27)24(5)33(25(6)37(46)51-29)52-30-19-39(8,48-13)35(45)26(7)50-30/h21-36,38,43-45,47H,14-20H2,1-13H3/q+1/t21-,22-,23+,24+,25-,26+,28+,29-,30+,31-,32-,33+,34-,35+,36-,38+,39-,40-,41-/m1/s1. The Morgan fingerprint density at radius 1 is 0.907 bits per heavy atom. The normalized spacial score (nSPS) is 51.2. The monoisotopic (exact) mass is 773 g/mol. The molecule has 19 atom stereocenters. The van der Waals surface area contributed by atoms with Gasteiger partial charge in [-0.3, -0.25) is 4.79 Å². The van der Waals surface area contributed by atoms with Crippen LogP contribution in [0.25, 0.3) is 0 Å². The number of likely N-dealkylation sites (N-methyl/N-ethyl adjacent to an activating group) is 1.